The molecular formula is C9H11NO3. The van der Waals surface area contributed by atoms with Crippen molar-refractivity contribution < 1.29 is 14.6 Å². The largest absolute Gasteiger partial charge is 0.410 e. The fourth-order valence-corrected chi connectivity index (χ4v) is 0.954. The van der Waals surface area contributed by atoms with Gasteiger partial charge in [-0.25, -0.2) is 4.79 Å². The second kappa shape index (κ2) is 3.91. The summed E-state index contributed by atoms with van der Waals surface area (Å²) >= 11 is 0. The molecular weight excluding hydrogens is 170 g/mol. The first kappa shape index (κ1) is 9.54. The summed E-state index contributed by atoms with van der Waals surface area (Å²) in [6.07, 6.45) is -1.45. The van der Waals surface area contributed by atoms with Gasteiger partial charge in [-0.1, -0.05) is 12.1 Å². The summed E-state index contributed by atoms with van der Waals surface area (Å²) in [6.45, 7) is 1.63. The minimum absolute atomic E-state index is 0.339. The molecule has 1 atom stereocenters. The van der Waals surface area contributed by atoms with E-state index in [1.54, 1.807) is 31.2 Å². The maximum Gasteiger partial charge on any atom is 0.409 e. The molecule has 4 heteroatoms. The smallest absolute Gasteiger partial charge is 0.409 e. The molecule has 0 aliphatic heterocycles. The maximum absolute atomic E-state index is 10.4. The van der Waals surface area contributed by atoms with E-state index in [1.165, 1.54) is 0 Å². The van der Waals surface area contributed by atoms with Crippen LogP contribution < -0.4 is 10.5 Å². The second-order valence-electron chi connectivity index (χ2n) is 2.67. The highest BCUT2D eigenvalue weighted by Gasteiger charge is 2.03. The van der Waals surface area contributed by atoms with E-state index in [0.717, 1.165) is 0 Å². The number of carbonyl (C=O) groups excluding carboxylic acids is 1. The Bertz CT molecular complexity index is 309. The number of benzene rings is 1. The number of primary amides is 1. The maximum atomic E-state index is 10.4. The average molecular weight is 181 g/mol. The van der Waals surface area contributed by atoms with E-state index in [1.807, 2.05) is 0 Å². The lowest BCUT2D eigenvalue weighted by atomic mass is 10.1. The van der Waals surface area contributed by atoms with Crippen LogP contribution in [0.3, 0.4) is 0 Å². The summed E-state index contributed by atoms with van der Waals surface area (Å²) in [6, 6.07) is 6.57. The quantitative estimate of drug-likeness (QED) is 0.719. The van der Waals surface area contributed by atoms with Crippen molar-refractivity contribution in [2.24, 2.45) is 5.73 Å². The molecule has 0 saturated heterocycles. The van der Waals surface area contributed by atoms with E-state index in [0.29, 0.717) is 11.3 Å². The molecule has 0 radical (unpaired) electrons. The molecule has 0 saturated carbocycles. The van der Waals surface area contributed by atoms with Crippen LogP contribution in [-0.4, -0.2) is 11.2 Å². The Morgan fingerprint density at radius 1 is 1.62 bits per heavy atom. The lowest BCUT2D eigenvalue weighted by Gasteiger charge is -2.06. The first-order valence-corrected chi connectivity index (χ1v) is 3.85. The predicted octanol–water partition coefficient (Wildman–Crippen LogP) is 1.20. The monoisotopic (exact) mass is 181 g/mol. The van der Waals surface area contributed by atoms with Crippen molar-refractivity contribution in [1.82, 2.24) is 0 Å². The van der Waals surface area contributed by atoms with Crippen LogP contribution in [0.25, 0.3) is 0 Å². The summed E-state index contributed by atoms with van der Waals surface area (Å²) in [5.74, 6) is 0.339. The van der Waals surface area contributed by atoms with Crippen molar-refractivity contribution in [2.75, 3.05) is 0 Å². The van der Waals surface area contributed by atoms with E-state index in [2.05, 4.69) is 4.74 Å². The summed E-state index contributed by atoms with van der Waals surface area (Å²) in [4.78, 5) is 10.4. The van der Waals surface area contributed by atoms with Crippen molar-refractivity contribution in [3.8, 4) is 5.75 Å². The Balaban J connectivity index is 2.85. The minimum atomic E-state index is -0.859. The zero-order chi connectivity index (χ0) is 9.84. The van der Waals surface area contributed by atoms with Crippen molar-refractivity contribution in [3.05, 3.63) is 29.8 Å². The Labute approximate surface area is 75.9 Å². The van der Waals surface area contributed by atoms with Gasteiger partial charge in [0.2, 0.25) is 0 Å². The number of hydrogen-bond donors (Lipinski definition) is 2. The van der Waals surface area contributed by atoms with Gasteiger partial charge in [0.25, 0.3) is 0 Å². The molecule has 0 aromatic heterocycles. The molecule has 0 aliphatic carbocycles. The second-order valence-corrected chi connectivity index (χ2v) is 2.67. The highest BCUT2D eigenvalue weighted by molar-refractivity contribution is 5.68. The number of rotatable bonds is 2. The Hall–Kier alpha value is -1.55. The predicted molar refractivity (Wildman–Crippen MR) is 47.3 cm³/mol. The lowest BCUT2D eigenvalue weighted by Crippen LogP contribution is -2.16. The molecule has 3 N–H and O–H groups in total. The van der Waals surface area contributed by atoms with Gasteiger partial charge in [-0.2, -0.15) is 0 Å². The van der Waals surface area contributed by atoms with E-state index < -0.39 is 12.2 Å². The third kappa shape index (κ3) is 2.76. The Morgan fingerprint density at radius 3 is 2.85 bits per heavy atom. The molecule has 13 heavy (non-hydrogen) atoms. The van der Waals surface area contributed by atoms with Gasteiger partial charge in [-0.05, 0) is 24.6 Å². The van der Waals surface area contributed by atoms with Gasteiger partial charge in [-0.3, -0.25) is 0 Å². The zero-order valence-corrected chi connectivity index (χ0v) is 7.23. The number of nitrogens with two attached hydrogens (primary N) is 1. The van der Waals surface area contributed by atoms with Crippen LogP contribution in [0.2, 0.25) is 0 Å². The lowest BCUT2D eigenvalue weighted by molar-refractivity contribution is 0.197. The number of aliphatic hydroxyl groups is 1. The highest BCUT2D eigenvalue weighted by Crippen LogP contribution is 2.18. The molecule has 1 rings (SSSR count). The standard InChI is InChI=1S/C9H11NO3/c1-6(11)7-3-2-4-8(5-7)13-9(10)12/h2-6,11H,1H3,(H2,10,12). The van der Waals surface area contributed by atoms with Gasteiger partial charge in [0.05, 0.1) is 6.10 Å². The number of amides is 1. The van der Waals surface area contributed by atoms with E-state index >= 15 is 0 Å². The third-order valence-electron chi connectivity index (χ3n) is 1.56. The molecule has 70 valence electrons. The van der Waals surface area contributed by atoms with Crippen LogP contribution in [0.5, 0.6) is 5.75 Å². The molecule has 1 amide bonds. The van der Waals surface area contributed by atoms with Gasteiger partial charge in [0, 0.05) is 0 Å². The van der Waals surface area contributed by atoms with Crippen LogP contribution in [0, 0.1) is 0 Å². The summed E-state index contributed by atoms with van der Waals surface area (Å²) < 4.78 is 4.63. The first-order valence-electron chi connectivity index (χ1n) is 3.85. The van der Waals surface area contributed by atoms with E-state index in [4.69, 9.17) is 5.73 Å². The molecule has 4 nitrogen and oxygen atoms in total. The summed E-state index contributed by atoms with van der Waals surface area (Å²) in [5.41, 5.74) is 5.51. The van der Waals surface area contributed by atoms with Gasteiger partial charge >= 0.3 is 6.09 Å². The molecule has 0 spiro atoms. The van der Waals surface area contributed by atoms with E-state index in [9.17, 15) is 9.90 Å². The fraction of sp³-hybridized carbons (Fsp3) is 0.222. The summed E-state index contributed by atoms with van der Waals surface area (Å²) in [7, 11) is 0. The molecule has 0 aliphatic rings. The van der Waals surface area contributed by atoms with Crippen molar-refractivity contribution in [1.29, 1.82) is 0 Å². The van der Waals surface area contributed by atoms with Gasteiger partial charge in [0.15, 0.2) is 0 Å². The molecule has 0 fully saturated rings. The van der Waals surface area contributed by atoms with Crippen molar-refractivity contribution in [2.45, 2.75) is 13.0 Å². The van der Waals surface area contributed by atoms with Gasteiger partial charge in [-0.15, -0.1) is 0 Å². The molecule has 0 bridgehead atoms. The normalized spacial score (nSPS) is 12.2. The molecule has 1 unspecified atom stereocenters. The molecule has 1 aromatic rings. The minimum Gasteiger partial charge on any atom is -0.410 e. The van der Waals surface area contributed by atoms with Crippen LogP contribution in [0.4, 0.5) is 4.79 Å². The van der Waals surface area contributed by atoms with Gasteiger partial charge < -0.3 is 15.6 Å². The average Bonchev–Trinajstić information content (AvgIpc) is 2.03. The van der Waals surface area contributed by atoms with Crippen LogP contribution in [-0.2, 0) is 0 Å². The van der Waals surface area contributed by atoms with Crippen molar-refractivity contribution >= 4 is 6.09 Å². The highest BCUT2D eigenvalue weighted by atomic mass is 16.5. The topological polar surface area (TPSA) is 72.6 Å². The molecule has 1 aromatic carbocycles. The number of ether oxygens (including phenoxy) is 1. The van der Waals surface area contributed by atoms with Crippen LogP contribution >= 0.6 is 0 Å². The van der Waals surface area contributed by atoms with E-state index in [-0.39, 0.29) is 0 Å². The number of aliphatic hydroxyl groups excluding tert-OH is 1. The SMILES string of the molecule is CC(O)c1cccc(OC(N)=O)c1. The van der Waals surface area contributed by atoms with Crippen molar-refractivity contribution in [3.63, 3.8) is 0 Å². The Morgan fingerprint density at radius 2 is 2.31 bits per heavy atom. The first-order chi connectivity index (χ1) is 6.09. The summed E-state index contributed by atoms with van der Waals surface area (Å²) in [5, 5.41) is 9.21. The van der Waals surface area contributed by atoms with Gasteiger partial charge in [0.1, 0.15) is 5.75 Å². The number of hydrogen-bond acceptors (Lipinski definition) is 3. The van der Waals surface area contributed by atoms with Crippen LogP contribution in [0.1, 0.15) is 18.6 Å². The zero-order valence-electron chi connectivity index (χ0n) is 7.23. The third-order valence-corrected chi connectivity index (χ3v) is 1.56. The fourth-order valence-electron chi connectivity index (χ4n) is 0.954. The van der Waals surface area contributed by atoms with Crippen LogP contribution in [0.15, 0.2) is 24.3 Å². The number of carbonyl (C=O) groups is 1. The molecule has 0 heterocycles. The Kier molecular flexibility index (Phi) is 2.87.